The van der Waals surface area contributed by atoms with Gasteiger partial charge in [0.15, 0.2) is 0 Å². The van der Waals surface area contributed by atoms with Crippen LogP contribution in [0.1, 0.15) is 25.8 Å². The largest absolute Gasteiger partial charge is 0.294 e. The fraction of sp³-hybridized carbons (Fsp3) is 0.286. The monoisotopic (exact) mass is 227 g/mol. The maximum absolute atomic E-state index is 4.63. The Morgan fingerprint density at radius 2 is 2.00 bits per heavy atom. The van der Waals surface area contributed by atoms with Gasteiger partial charge in [-0.1, -0.05) is 26.0 Å². The van der Waals surface area contributed by atoms with E-state index < -0.39 is 0 Å². The highest BCUT2D eigenvalue weighted by Crippen LogP contribution is 2.14. The summed E-state index contributed by atoms with van der Waals surface area (Å²) in [7, 11) is 0. The highest BCUT2D eigenvalue weighted by Gasteiger charge is 1.99. The van der Waals surface area contributed by atoms with E-state index in [2.05, 4.69) is 48.1 Å². The Balaban J connectivity index is 2.26. The third-order valence-electron chi connectivity index (χ3n) is 2.72. The van der Waals surface area contributed by atoms with Crippen molar-refractivity contribution in [2.75, 3.05) is 0 Å². The summed E-state index contributed by atoms with van der Waals surface area (Å²) in [5, 5.41) is 0. The van der Waals surface area contributed by atoms with Crippen molar-refractivity contribution in [2.24, 2.45) is 4.99 Å². The summed E-state index contributed by atoms with van der Waals surface area (Å²) in [6, 6.07) is 8.37. The highest BCUT2D eigenvalue weighted by molar-refractivity contribution is 5.86. The molecule has 0 aliphatic rings. The molecule has 0 saturated heterocycles. The summed E-state index contributed by atoms with van der Waals surface area (Å²) in [5.74, 6) is 1.01. The molecule has 17 heavy (non-hydrogen) atoms. The van der Waals surface area contributed by atoms with Crippen molar-refractivity contribution in [3.63, 3.8) is 0 Å². The van der Waals surface area contributed by atoms with Crippen LogP contribution in [0, 0.1) is 0 Å². The average Bonchev–Trinajstić information content (AvgIpc) is 2.90. The number of benzene rings is 1. The number of aryl methyl sites for hydroxylation is 1. The van der Waals surface area contributed by atoms with E-state index in [9.17, 15) is 0 Å². The first-order valence-electron chi connectivity index (χ1n) is 5.98. The predicted octanol–water partition coefficient (Wildman–Crippen LogP) is 3.43. The van der Waals surface area contributed by atoms with Gasteiger partial charge in [0.05, 0.1) is 5.69 Å². The molecule has 3 heteroatoms. The van der Waals surface area contributed by atoms with Gasteiger partial charge in [0.2, 0.25) is 0 Å². The molecule has 0 N–H and O–H groups in total. The molecule has 2 aromatic rings. The van der Waals surface area contributed by atoms with Crippen molar-refractivity contribution in [3.05, 3.63) is 48.5 Å². The number of aromatic nitrogens is 2. The molecule has 1 aromatic heterocycles. The zero-order valence-corrected chi connectivity index (χ0v) is 10.3. The second-order valence-electron chi connectivity index (χ2n) is 3.87. The molecule has 0 aliphatic heterocycles. The van der Waals surface area contributed by atoms with E-state index in [1.165, 1.54) is 5.56 Å². The molecule has 0 aliphatic carbocycles. The van der Waals surface area contributed by atoms with Crippen molar-refractivity contribution in [1.82, 2.24) is 9.55 Å². The summed E-state index contributed by atoms with van der Waals surface area (Å²) in [6.45, 7) is 4.25. The van der Waals surface area contributed by atoms with Crippen LogP contribution in [0.3, 0.4) is 0 Å². The maximum Gasteiger partial charge on any atom is 0.114 e. The van der Waals surface area contributed by atoms with Gasteiger partial charge in [-0.15, -0.1) is 0 Å². The molecule has 0 radical (unpaired) electrons. The van der Waals surface area contributed by atoms with Gasteiger partial charge in [-0.2, -0.15) is 0 Å². The zero-order valence-electron chi connectivity index (χ0n) is 10.3. The maximum atomic E-state index is 4.63. The second-order valence-corrected chi connectivity index (χ2v) is 3.87. The number of imidazole rings is 1. The molecular weight excluding hydrogens is 210 g/mol. The summed E-state index contributed by atoms with van der Waals surface area (Å²) in [6.07, 6.45) is 7.41. The summed E-state index contributed by atoms with van der Waals surface area (Å²) in [4.78, 5) is 8.68. The molecule has 3 nitrogen and oxygen atoms in total. The minimum atomic E-state index is 0.881. The number of aliphatic imine (C=N–C) groups is 1. The number of hydrogen-bond donors (Lipinski definition) is 0. The number of nitrogens with zero attached hydrogens (tertiary/aromatic N) is 3. The van der Waals surface area contributed by atoms with Crippen LogP contribution < -0.4 is 0 Å². The summed E-state index contributed by atoms with van der Waals surface area (Å²) < 4.78 is 1.95. The zero-order chi connectivity index (χ0) is 12.1. The van der Waals surface area contributed by atoms with Gasteiger partial charge in [-0.3, -0.25) is 4.57 Å². The fourth-order valence-electron chi connectivity index (χ4n) is 1.69. The lowest BCUT2D eigenvalue weighted by Crippen LogP contribution is -2.07. The van der Waals surface area contributed by atoms with Gasteiger partial charge in [-0.25, -0.2) is 9.98 Å². The topological polar surface area (TPSA) is 30.2 Å². The smallest absolute Gasteiger partial charge is 0.114 e. The van der Waals surface area contributed by atoms with Crippen LogP contribution in [0.4, 0.5) is 5.69 Å². The lowest BCUT2D eigenvalue weighted by Gasteiger charge is -2.04. The van der Waals surface area contributed by atoms with Crippen molar-refractivity contribution in [2.45, 2.75) is 26.7 Å². The predicted molar refractivity (Wildman–Crippen MR) is 70.8 cm³/mol. The van der Waals surface area contributed by atoms with Gasteiger partial charge in [0.25, 0.3) is 0 Å². The lowest BCUT2D eigenvalue weighted by atomic mass is 10.1. The van der Waals surface area contributed by atoms with Gasteiger partial charge < -0.3 is 0 Å². The van der Waals surface area contributed by atoms with Crippen LogP contribution >= 0.6 is 0 Å². The van der Waals surface area contributed by atoms with Crippen molar-refractivity contribution < 1.29 is 0 Å². The van der Waals surface area contributed by atoms with E-state index in [4.69, 9.17) is 0 Å². The second kappa shape index (κ2) is 5.43. The molecule has 0 atom stereocenters. The third kappa shape index (κ3) is 2.81. The molecule has 1 heterocycles. The quantitative estimate of drug-likeness (QED) is 0.583. The minimum Gasteiger partial charge on any atom is -0.294 e. The summed E-state index contributed by atoms with van der Waals surface area (Å²) in [5.41, 5.74) is 2.33. The Bertz CT molecular complexity index is 481. The van der Waals surface area contributed by atoms with Gasteiger partial charge in [0.1, 0.15) is 12.2 Å². The minimum absolute atomic E-state index is 0.881. The molecule has 0 fully saturated rings. The Morgan fingerprint density at radius 1 is 1.24 bits per heavy atom. The van der Waals surface area contributed by atoms with E-state index in [-0.39, 0.29) is 0 Å². The number of rotatable bonds is 3. The van der Waals surface area contributed by atoms with Crippen LogP contribution in [0.5, 0.6) is 0 Å². The van der Waals surface area contributed by atoms with E-state index in [1.54, 1.807) is 12.5 Å². The van der Waals surface area contributed by atoms with Crippen LogP contribution in [0.25, 0.3) is 0 Å². The van der Waals surface area contributed by atoms with Crippen molar-refractivity contribution in [3.8, 4) is 0 Å². The Morgan fingerprint density at radius 3 is 2.53 bits per heavy atom. The third-order valence-corrected chi connectivity index (χ3v) is 2.72. The molecule has 1 aromatic carbocycles. The van der Waals surface area contributed by atoms with Crippen LogP contribution in [-0.4, -0.2) is 15.4 Å². The molecule has 0 spiro atoms. The first-order chi connectivity index (χ1) is 8.33. The van der Waals surface area contributed by atoms with Gasteiger partial charge >= 0.3 is 0 Å². The SMILES string of the molecule is CC/C(=N\c1ccc(CC)cc1)n1ccnc1. The normalized spacial score (nSPS) is 11.8. The van der Waals surface area contributed by atoms with E-state index >= 15 is 0 Å². The van der Waals surface area contributed by atoms with Gasteiger partial charge in [-0.05, 0) is 24.1 Å². The first-order valence-corrected chi connectivity index (χ1v) is 5.98. The molecule has 0 unspecified atom stereocenters. The lowest BCUT2D eigenvalue weighted by molar-refractivity contribution is 1.05. The van der Waals surface area contributed by atoms with Crippen molar-refractivity contribution >= 4 is 11.5 Å². The van der Waals surface area contributed by atoms with Crippen LogP contribution in [-0.2, 0) is 6.42 Å². The highest BCUT2D eigenvalue weighted by atomic mass is 15.1. The fourth-order valence-corrected chi connectivity index (χ4v) is 1.69. The molecule has 0 bridgehead atoms. The molecule has 0 amide bonds. The summed E-state index contributed by atoms with van der Waals surface area (Å²) >= 11 is 0. The van der Waals surface area contributed by atoms with E-state index in [0.717, 1.165) is 24.4 Å². The number of hydrogen-bond acceptors (Lipinski definition) is 2. The Kier molecular flexibility index (Phi) is 3.70. The molecule has 2 rings (SSSR count). The first kappa shape index (κ1) is 11.6. The standard InChI is InChI=1S/C14H17N3/c1-3-12-5-7-13(8-6-12)16-14(4-2)17-10-9-15-11-17/h5-11H,3-4H2,1-2H3/b16-14+. The van der Waals surface area contributed by atoms with E-state index in [0.29, 0.717) is 0 Å². The molecule has 88 valence electrons. The van der Waals surface area contributed by atoms with Crippen molar-refractivity contribution in [1.29, 1.82) is 0 Å². The van der Waals surface area contributed by atoms with Gasteiger partial charge in [0, 0.05) is 18.8 Å². The Hall–Kier alpha value is -1.90. The van der Waals surface area contributed by atoms with Crippen LogP contribution in [0.15, 0.2) is 48.0 Å². The average molecular weight is 227 g/mol. The van der Waals surface area contributed by atoms with E-state index in [1.807, 2.05) is 10.8 Å². The molecule has 0 saturated carbocycles. The molecular formula is C14H17N3. The Labute approximate surface area is 102 Å². The van der Waals surface area contributed by atoms with Crippen LogP contribution in [0.2, 0.25) is 0 Å².